The fourth-order valence-corrected chi connectivity index (χ4v) is 3.21. The summed E-state index contributed by atoms with van der Waals surface area (Å²) in [6, 6.07) is 10.7. The molecule has 3 aromatic rings. The lowest BCUT2D eigenvalue weighted by molar-refractivity contribution is 0.362. The molecule has 0 saturated carbocycles. The average Bonchev–Trinajstić information content (AvgIpc) is 2.66. The minimum absolute atomic E-state index is 0.00810. The monoisotopic (exact) mass is 459 g/mol. The van der Waals surface area contributed by atoms with E-state index in [-0.39, 0.29) is 11.5 Å². The molecule has 1 heterocycles. The van der Waals surface area contributed by atoms with Crippen molar-refractivity contribution in [3.05, 3.63) is 80.3 Å². The molecule has 144 valence electrons. The molecule has 1 aromatic heterocycles. The molecule has 0 saturated heterocycles. The van der Waals surface area contributed by atoms with Gasteiger partial charge in [-0.25, -0.2) is 4.98 Å². The van der Waals surface area contributed by atoms with Crippen LogP contribution < -0.4 is 10.3 Å². The SMILES string of the molecule is C=CCOc1ccc(Cl)cc1C=Nn1c(C(C)C)nc2ccc(Br)cc2c1=O. The molecule has 5 nitrogen and oxygen atoms in total. The Bertz CT molecular complexity index is 1120. The van der Waals surface area contributed by atoms with Crippen molar-refractivity contribution in [3.8, 4) is 5.75 Å². The van der Waals surface area contributed by atoms with Crippen LogP contribution in [0.5, 0.6) is 5.75 Å². The fraction of sp³-hybridized carbons (Fsp3) is 0.190. The molecular weight excluding hydrogens is 442 g/mol. The molecule has 0 aliphatic carbocycles. The van der Waals surface area contributed by atoms with Crippen LogP contribution in [-0.4, -0.2) is 22.5 Å². The standard InChI is InChI=1S/C21H19BrClN3O2/c1-4-9-28-19-8-6-16(23)10-14(19)12-24-26-20(13(2)3)25-18-7-5-15(22)11-17(18)21(26)27/h4-8,10-13H,1,9H2,2-3H3. The number of benzene rings is 2. The highest BCUT2D eigenvalue weighted by Crippen LogP contribution is 2.22. The molecule has 0 fully saturated rings. The molecule has 0 unspecified atom stereocenters. The Morgan fingerprint density at radius 3 is 2.82 bits per heavy atom. The smallest absolute Gasteiger partial charge is 0.282 e. The Hall–Kier alpha value is -2.44. The highest BCUT2D eigenvalue weighted by atomic mass is 79.9. The number of hydrogen-bond donors (Lipinski definition) is 0. The van der Waals surface area contributed by atoms with Crippen LogP contribution in [0.2, 0.25) is 5.02 Å². The molecule has 0 radical (unpaired) electrons. The van der Waals surface area contributed by atoms with Crippen LogP contribution in [0.4, 0.5) is 0 Å². The summed E-state index contributed by atoms with van der Waals surface area (Å²) in [7, 11) is 0. The predicted octanol–water partition coefficient (Wildman–Crippen LogP) is 5.38. The van der Waals surface area contributed by atoms with Crippen LogP contribution >= 0.6 is 27.5 Å². The van der Waals surface area contributed by atoms with Crippen molar-refractivity contribution in [3.63, 3.8) is 0 Å². The summed E-state index contributed by atoms with van der Waals surface area (Å²) >= 11 is 9.52. The largest absolute Gasteiger partial charge is 0.489 e. The Kier molecular flexibility index (Phi) is 6.31. The molecular formula is C21H19BrClN3O2. The zero-order valence-corrected chi connectivity index (χ0v) is 17.9. The molecule has 0 bridgehead atoms. The molecule has 0 aliphatic rings. The lowest BCUT2D eigenvalue weighted by Crippen LogP contribution is -2.23. The van der Waals surface area contributed by atoms with Crippen molar-refractivity contribution in [2.24, 2.45) is 5.10 Å². The van der Waals surface area contributed by atoms with Gasteiger partial charge < -0.3 is 4.74 Å². The minimum atomic E-state index is -0.234. The minimum Gasteiger partial charge on any atom is -0.489 e. The van der Waals surface area contributed by atoms with Crippen LogP contribution in [0.3, 0.4) is 0 Å². The van der Waals surface area contributed by atoms with Gasteiger partial charge >= 0.3 is 0 Å². The maximum absolute atomic E-state index is 13.1. The Balaban J connectivity index is 2.15. The fourth-order valence-electron chi connectivity index (χ4n) is 2.67. The summed E-state index contributed by atoms with van der Waals surface area (Å²) in [5.74, 6) is 1.18. The number of nitrogens with zero attached hydrogens (tertiary/aromatic N) is 3. The second kappa shape index (κ2) is 8.71. The summed E-state index contributed by atoms with van der Waals surface area (Å²) in [6.45, 7) is 7.94. The van der Waals surface area contributed by atoms with Gasteiger partial charge in [0.05, 0.1) is 17.1 Å². The van der Waals surface area contributed by atoms with E-state index in [4.69, 9.17) is 16.3 Å². The van der Waals surface area contributed by atoms with E-state index in [1.54, 1.807) is 36.6 Å². The molecule has 7 heteroatoms. The van der Waals surface area contributed by atoms with Crippen LogP contribution in [0.1, 0.15) is 31.2 Å². The molecule has 3 rings (SSSR count). The van der Waals surface area contributed by atoms with Gasteiger partial charge in [0.15, 0.2) is 0 Å². The lowest BCUT2D eigenvalue weighted by Gasteiger charge is -2.12. The van der Waals surface area contributed by atoms with Gasteiger partial charge in [0.1, 0.15) is 18.2 Å². The van der Waals surface area contributed by atoms with E-state index < -0.39 is 0 Å². The number of rotatable bonds is 6. The van der Waals surface area contributed by atoms with Crippen molar-refractivity contribution in [2.45, 2.75) is 19.8 Å². The third-order valence-corrected chi connectivity index (χ3v) is 4.72. The summed E-state index contributed by atoms with van der Waals surface area (Å²) in [5.41, 5.74) is 1.06. The Morgan fingerprint density at radius 2 is 2.11 bits per heavy atom. The first-order chi connectivity index (χ1) is 13.4. The van der Waals surface area contributed by atoms with Crippen molar-refractivity contribution in [2.75, 3.05) is 6.61 Å². The molecule has 2 aromatic carbocycles. The number of fused-ring (bicyclic) bond motifs is 1. The summed E-state index contributed by atoms with van der Waals surface area (Å²) in [5, 5.41) is 5.46. The van der Waals surface area contributed by atoms with Gasteiger partial charge in [0, 0.05) is 21.0 Å². The third kappa shape index (κ3) is 4.34. The quantitative estimate of drug-likeness (QED) is 0.366. The number of hydrogen-bond acceptors (Lipinski definition) is 4. The first-order valence-corrected chi connectivity index (χ1v) is 9.87. The topological polar surface area (TPSA) is 56.5 Å². The Labute approximate surface area is 176 Å². The number of ether oxygens (including phenoxy) is 1. The van der Waals surface area contributed by atoms with Crippen LogP contribution in [0.25, 0.3) is 10.9 Å². The first-order valence-electron chi connectivity index (χ1n) is 8.70. The highest BCUT2D eigenvalue weighted by Gasteiger charge is 2.14. The van der Waals surface area contributed by atoms with E-state index in [9.17, 15) is 4.79 Å². The molecule has 0 N–H and O–H groups in total. The second-order valence-corrected chi connectivity index (χ2v) is 7.78. The average molecular weight is 461 g/mol. The second-order valence-electron chi connectivity index (χ2n) is 6.43. The maximum Gasteiger partial charge on any atom is 0.282 e. The van der Waals surface area contributed by atoms with Gasteiger partial charge in [-0.2, -0.15) is 9.78 Å². The van der Waals surface area contributed by atoms with Gasteiger partial charge in [-0.15, -0.1) is 0 Å². The maximum atomic E-state index is 13.1. The van der Waals surface area contributed by atoms with E-state index >= 15 is 0 Å². The molecule has 0 amide bonds. The van der Waals surface area contributed by atoms with E-state index in [2.05, 4.69) is 32.6 Å². The highest BCUT2D eigenvalue weighted by molar-refractivity contribution is 9.10. The van der Waals surface area contributed by atoms with Crippen molar-refractivity contribution >= 4 is 44.6 Å². The zero-order chi connectivity index (χ0) is 20.3. The molecule has 0 aliphatic heterocycles. The molecule has 0 atom stereocenters. The van der Waals surface area contributed by atoms with Gasteiger partial charge in [0.25, 0.3) is 5.56 Å². The number of halogens is 2. The van der Waals surface area contributed by atoms with Gasteiger partial charge in [-0.05, 0) is 36.4 Å². The van der Waals surface area contributed by atoms with Crippen molar-refractivity contribution < 1.29 is 4.74 Å². The van der Waals surface area contributed by atoms with Crippen LogP contribution in [-0.2, 0) is 0 Å². The molecule has 0 spiro atoms. The van der Waals surface area contributed by atoms with Crippen LogP contribution in [0, 0.1) is 0 Å². The predicted molar refractivity (Wildman–Crippen MR) is 118 cm³/mol. The van der Waals surface area contributed by atoms with Crippen molar-refractivity contribution in [1.29, 1.82) is 0 Å². The van der Waals surface area contributed by atoms with Gasteiger partial charge in [-0.1, -0.05) is 54.0 Å². The molecule has 28 heavy (non-hydrogen) atoms. The van der Waals surface area contributed by atoms with E-state index in [0.717, 1.165) is 4.47 Å². The lowest BCUT2D eigenvalue weighted by atomic mass is 10.2. The number of aromatic nitrogens is 2. The van der Waals surface area contributed by atoms with Gasteiger partial charge in [0.2, 0.25) is 0 Å². The summed E-state index contributed by atoms with van der Waals surface area (Å²) < 4.78 is 7.78. The van der Waals surface area contributed by atoms with Gasteiger partial charge in [-0.3, -0.25) is 4.79 Å². The summed E-state index contributed by atoms with van der Waals surface area (Å²) in [6.07, 6.45) is 3.21. The summed E-state index contributed by atoms with van der Waals surface area (Å²) in [4.78, 5) is 17.7. The van der Waals surface area contributed by atoms with Crippen LogP contribution in [0.15, 0.2) is 63.4 Å². The normalized spacial score (nSPS) is 11.5. The van der Waals surface area contributed by atoms with E-state index in [1.165, 1.54) is 4.68 Å². The van der Waals surface area contributed by atoms with Crippen molar-refractivity contribution in [1.82, 2.24) is 9.66 Å². The van der Waals surface area contributed by atoms with E-state index in [1.807, 2.05) is 26.0 Å². The Morgan fingerprint density at radius 1 is 1.32 bits per heavy atom. The zero-order valence-electron chi connectivity index (χ0n) is 15.5. The third-order valence-electron chi connectivity index (χ3n) is 3.99. The van der Waals surface area contributed by atoms with E-state index in [0.29, 0.717) is 39.7 Å². The first kappa shape index (κ1) is 20.3.